The molecule has 1 aromatic heterocycles. The summed E-state index contributed by atoms with van der Waals surface area (Å²) in [6, 6.07) is 10.5. The highest BCUT2D eigenvalue weighted by atomic mass is 32.2. The number of hydrogen-bond donors (Lipinski definition) is 0. The van der Waals surface area contributed by atoms with Crippen molar-refractivity contribution in [2.75, 3.05) is 31.1 Å². The average molecular weight is 386 g/mol. The summed E-state index contributed by atoms with van der Waals surface area (Å²) < 4.78 is 14.0. The minimum atomic E-state index is -0.209. The maximum atomic E-state index is 14.0. The molecule has 1 saturated carbocycles. The van der Waals surface area contributed by atoms with Crippen molar-refractivity contribution in [1.29, 1.82) is 0 Å². The van der Waals surface area contributed by atoms with E-state index in [2.05, 4.69) is 4.98 Å². The van der Waals surface area contributed by atoms with Crippen LogP contribution in [0.15, 0.2) is 47.6 Å². The fourth-order valence-corrected chi connectivity index (χ4v) is 5.13. The Bertz CT molecular complexity index is 802. The average Bonchev–Trinajstić information content (AvgIpc) is 3.22. The van der Waals surface area contributed by atoms with E-state index in [-0.39, 0.29) is 11.7 Å². The first kappa shape index (κ1) is 18.3. The van der Waals surface area contributed by atoms with Crippen LogP contribution in [0.25, 0.3) is 0 Å². The molecular formula is C21H24FN3OS. The van der Waals surface area contributed by atoms with E-state index in [0.29, 0.717) is 42.7 Å². The minimum Gasteiger partial charge on any atom is -0.366 e. The summed E-state index contributed by atoms with van der Waals surface area (Å²) in [4.78, 5) is 21.5. The standard InChI is InChI=1S/C21H24FN3OS/c22-18-9-3-4-10-19(18)24-12-14-25(15-13-24)21(26)17-8-5-11-23-20(17)27-16-6-1-2-7-16/h3-5,8-11,16H,1-2,6-7,12-15H2. The zero-order valence-corrected chi connectivity index (χ0v) is 16.1. The molecule has 6 heteroatoms. The molecule has 0 spiro atoms. The molecule has 0 atom stereocenters. The number of pyridine rings is 1. The number of thioether (sulfide) groups is 1. The lowest BCUT2D eigenvalue weighted by Crippen LogP contribution is -2.49. The molecule has 1 saturated heterocycles. The maximum Gasteiger partial charge on any atom is 0.256 e. The maximum absolute atomic E-state index is 14.0. The van der Waals surface area contributed by atoms with Crippen LogP contribution < -0.4 is 4.90 Å². The fraction of sp³-hybridized carbons (Fsp3) is 0.429. The first-order valence-electron chi connectivity index (χ1n) is 9.63. The highest BCUT2D eigenvalue weighted by Crippen LogP contribution is 2.35. The quantitative estimate of drug-likeness (QED) is 0.790. The summed E-state index contributed by atoms with van der Waals surface area (Å²) in [6.07, 6.45) is 6.72. The van der Waals surface area contributed by atoms with Crippen LogP contribution in [-0.2, 0) is 0 Å². The van der Waals surface area contributed by atoms with Gasteiger partial charge in [0.25, 0.3) is 5.91 Å². The number of anilines is 1. The third kappa shape index (κ3) is 4.10. The molecule has 2 aromatic rings. The van der Waals surface area contributed by atoms with Crippen molar-refractivity contribution in [3.05, 3.63) is 54.0 Å². The summed E-state index contributed by atoms with van der Waals surface area (Å²) >= 11 is 1.75. The van der Waals surface area contributed by atoms with Gasteiger partial charge in [0.2, 0.25) is 0 Å². The van der Waals surface area contributed by atoms with Gasteiger partial charge in [-0.05, 0) is 37.1 Å². The van der Waals surface area contributed by atoms with Crippen LogP contribution in [0.1, 0.15) is 36.0 Å². The first-order chi connectivity index (χ1) is 13.2. The van der Waals surface area contributed by atoms with Crippen molar-refractivity contribution in [2.45, 2.75) is 36.0 Å². The Kier molecular flexibility index (Phi) is 5.62. The molecular weight excluding hydrogens is 361 g/mol. The molecule has 2 fully saturated rings. The molecule has 0 bridgehead atoms. The van der Waals surface area contributed by atoms with Crippen LogP contribution in [0.2, 0.25) is 0 Å². The van der Waals surface area contributed by atoms with Crippen LogP contribution in [0.3, 0.4) is 0 Å². The van der Waals surface area contributed by atoms with Crippen molar-refractivity contribution in [3.8, 4) is 0 Å². The van der Waals surface area contributed by atoms with Gasteiger partial charge >= 0.3 is 0 Å². The lowest BCUT2D eigenvalue weighted by atomic mass is 10.2. The van der Waals surface area contributed by atoms with Gasteiger partial charge in [-0.1, -0.05) is 25.0 Å². The van der Waals surface area contributed by atoms with Gasteiger partial charge in [-0.25, -0.2) is 9.37 Å². The van der Waals surface area contributed by atoms with E-state index < -0.39 is 0 Å². The van der Waals surface area contributed by atoms with Crippen molar-refractivity contribution in [1.82, 2.24) is 9.88 Å². The molecule has 1 aliphatic carbocycles. The van der Waals surface area contributed by atoms with E-state index in [1.54, 1.807) is 30.1 Å². The number of piperazine rings is 1. The minimum absolute atomic E-state index is 0.0387. The summed E-state index contributed by atoms with van der Waals surface area (Å²) in [5.41, 5.74) is 1.32. The Hall–Kier alpha value is -2.08. The van der Waals surface area contributed by atoms with Gasteiger partial charge in [0.1, 0.15) is 10.8 Å². The molecule has 1 aliphatic heterocycles. The molecule has 1 amide bonds. The highest BCUT2D eigenvalue weighted by Gasteiger charge is 2.27. The molecule has 2 aliphatic rings. The number of benzene rings is 1. The van der Waals surface area contributed by atoms with Gasteiger partial charge in [0.15, 0.2) is 0 Å². The predicted octanol–water partition coefficient (Wildman–Crippen LogP) is 4.22. The van der Waals surface area contributed by atoms with Gasteiger partial charge in [-0.2, -0.15) is 0 Å². The number of amides is 1. The third-order valence-corrected chi connectivity index (χ3v) is 6.70. The van der Waals surface area contributed by atoms with Crippen molar-refractivity contribution in [3.63, 3.8) is 0 Å². The number of nitrogens with zero attached hydrogens (tertiary/aromatic N) is 3. The molecule has 27 heavy (non-hydrogen) atoms. The molecule has 0 radical (unpaired) electrons. The van der Waals surface area contributed by atoms with Crippen molar-refractivity contribution >= 4 is 23.4 Å². The van der Waals surface area contributed by atoms with Gasteiger partial charge in [0, 0.05) is 37.6 Å². The molecule has 142 valence electrons. The Morgan fingerprint density at radius 1 is 1.04 bits per heavy atom. The van der Waals surface area contributed by atoms with Crippen LogP contribution >= 0.6 is 11.8 Å². The zero-order valence-electron chi connectivity index (χ0n) is 15.3. The number of rotatable bonds is 4. The van der Waals surface area contributed by atoms with Gasteiger partial charge < -0.3 is 9.80 Å². The van der Waals surface area contributed by atoms with Gasteiger partial charge in [0.05, 0.1) is 11.3 Å². The topological polar surface area (TPSA) is 36.4 Å². The number of halogens is 1. The molecule has 4 rings (SSSR count). The van der Waals surface area contributed by atoms with E-state index >= 15 is 0 Å². The number of hydrogen-bond acceptors (Lipinski definition) is 4. The Morgan fingerprint density at radius 2 is 1.78 bits per heavy atom. The monoisotopic (exact) mass is 385 g/mol. The smallest absolute Gasteiger partial charge is 0.256 e. The van der Waals surface area contributed by atoms with E-state index in [9.17, 15) is 9.18 Å². The Morgan fingerprint density at radius 3 is 2.52 bits per heavy atom. The molecule has 0 unspecified atom stereocenters. The molecule has 2 heterocycles. The van der Waals surface area contributed by atoms with Gasteiger partial charge in [-0.3, -0.25) is 4.79 Å². The summed E-state index contributed by atoms with van der Waals surface area (Å²) in [6.45, 7) is 2.46. The Balaban J connectivity index is 1.43. The van der Waals surface area contributed by atoms with E-state index in [1.807, 2.05) is 28.0 Å². The molecule has 0 N–H and O–H groups in total. The van der Waals surface area contributed by atoms with E-state index in [0.717, 1.165) is 5.03 Å². The second-order valence-electron chi connectivity index (χ2n) is 7.11. The second kappa shape index (κ2) is 8.30. The van der Waals surface area contributed by atoms with Crippen LogP contribution in [0.4, 0.5) is 10.1 Å². The zero-order chi connectivity index (χ0) is 18.6. The normalized spacial score (nSPS) is 18.1. The van der Waals surface area contributed by atoms with Crippen LogP contribution in [0, 0.1) is 5.82 Å². The van der Waals surface area contributed by atoms with E-state index in [4.69, 9.17) is 0 Å². The summed E-state index contributed by atoms with van der Waals surface area (Å²) in [7, 11) is 0. The number of carbonyl (C=O) groups excluding carboxylic acids is 1. The van der Waals surface area contributed by atoms with E-state index in [1.165, 1.54) is 31.7 Å². The van der Waals surface area contributed by atoms with Crippen LogP contribution in [0.5, 0.6) is 0 Å². The first-order valence-corrected chi connectivity index (χ1v) is 10.5. The Labute approximate surface area is 163 Å². The van der Waals surface area contributed by atoms with Crippen molar-refractivity contribution in [2.24, 2.45) is 0 Å². The highest BCUT2D eigenvalue weighted by molar-refractivity contribution is 7.99. The second-order valence-corrected chi connectivity index (χ2v) is 8.40. The largest absolute Gasteiger partial charge is 0.366 e. The van der Waals surface area contributed by atoms with Crippen molar-refractivity contribution < 1.29 is 9.18 Å². The summed E-state index contributed by atoms with van der Waals surface area (Å²) in [5, 5.41) is 1.43. The third-order valence-electron chi connectivity index (χ3n) is 5.34. The predicted molar refractivity (Wildman–Crippen MR) is 107 cm³/mol. The lowest BCUT2D eigenvalue weighted by Gasteiger charge is -2.36. The lowest BCUT2D eigenvalue weighted by molar-refractivity contribution is 0.0742. The molecule has 4 nitrogen and oxygen atoms in total. The fourth-order valence-electron chi connectivity index (χ4n) is 3.84. The SMILES string of the molecule is O=C(c1cccnc1SC1CCCC1)N1CCN(c2ccccc2F)CC1. The van der Waals surface area contributed by atoms with Crippen LogP contribution in [-0.4, -0.2) is 47.2 Å². The van der Waals surface area contributed by atoms with Gasteiger partial charge in [-0.15, -0.1) is 11.8 Å². The number of aromatic nitrogens is 1. The number of para-hydroxylation sites is 1. The number of carbonyl (C=O) groups is 1. The molecule has 1 aromatic carbocycles. The summed E-state index contributed by atoms with van der Waals surface area (Å²) in [5.74, 6) is -0.170.